The van der Waals surface area contributed by atoms with Crippen LogP contribution >= 0.6 is 0 Å². The van der Waals surface area contributed by atoms with Gasteiger partial charge in [0, 0.05) is 0 Å². The Bertz CT molecular complexity index is 470. The van der Waals surface area contributed by atoms with E-state index in [1.165, 1.54) is 6.39 Å². The number of aliphatic hydroxyl groups excluding tert-OH is 1. The quantitative estimate of drug-likeness (QED) is 0.663. The summed E-state index contributed by atoms with van der Waals surface area (Å²) >= 11 is 0. The van der Waals surface area contributed by atoms with Gasteiger partial charge in [-0.25, -0.2) is 4.98 Å². The largest absolute Gasteiger partial charge is 0.443 e. The summed E-state index contributed by atoms with van der Waals surface area (Å²) in [5, 5.41) is 17.7. The van der Waals surface area contributed by atoms with Crippen molar-refractivity contribution in [3.8, 4) is 6.07 Å². The zero-order chi connectivity index (χ0) is 9.26. The van der Waals surface area contributed by atoms with Gasteiger partial charge in [0.15, 0.2) is 18.1 Å². The molecule has 4 nitrogen and oxygen atoms in total. The number of nitriles is 1. The minimum atomic E-state index is -1.10. The predicted molar refractivity (Wildman–Crippen MR) is 44.6 cm³/mol. The molecular weight excluding hydrogens is 168 g/mol. The van der Waals surface area contributed by atoms with Crippen molar-refractivity contribution in [3.05, 3.63) is 30.2 Å². The highest BCUT2D eigenvalue weighted by atomic mass is 16.3. The van der Waals surface area contributed by atoms with E-state index in [9.17, 15) is 5.11 Å². The van der Waals surface area contributed by atoms with E-state index < -0.39 is 6.10 Å². The summed E-state index contributed by atoms with van der Waals surface area (Å²) in [5.41, 5.74) is 1.82. The maximum absolute atomic E-state index is 9.21. The standard InChI is InChI=1S/C9H6N2O2/c10-4-8(12)6-1-2-9-7(3-6)11-5-13-9/h1-3,5,8,12H. The van der Waals surface area contributed by atoms with Crippen molar-refractivity contribution in [2.45, 2.75) is 6.10 Å². The van der Waals surface area contributed by atoms with Gasteiger partial charge in [-0.05, 0) is 17.7 Å². The predicted octanol–water partition coefficient (Wildman–Crippen LogP) is 1.38. The number of fused-ring (bicyclic) bond motifs is 1. The average molecular weight is 174 g/mol. The third-order valence-corrected chi connectivity index (χ3v) is 1.79. The molecule has 1 N–H and O–H groups in total. The zero-order valence-corrected chi connectivity index (χ0v) is 6.64. The van der Waals surface area contributed by atoms with Crippen LogP contribution in [0.4, 0.5) is 0 Å². The fraction of sp³-hybridized carbons (Fsp3) is 0.111. The summed E-state index contributed by atoms with van der Waals surface area (Å²) in [4.78, 5) is 3.91. The van der Waals surface area contributed by atoms with Crippen molar-refractivity contribution >= 4 is 11.1 Å². The van der Waals surface area contributed by atoms with E-state index in [0.29, 0.717) is 16.7 Å². The monoisotopic (exact) mass is 174 g/mol. The van der Waals surface area contributed by atoms with E-state index in [0.717, 1.165) is 0 Å². The Hall–Kier alpha value is -1.86. The van der Waals surface area contributed by atoms with Gasteiger partial charge in [0.05, 0.1) is 6.07 Å². The summed E-state index contributed by atoms with van der Waals surface area (Å²) < 4.78 is 5.01. The van der Waals surface area contributed by atoms with Crippen LogP contribution in [0, 0.1) is 11.3 Å². The molecule has 0 amide bonds. The van der Waals surface area contributed by atoms with E-state index in [1.54, 1.807) is 24.3 Å². The Balaban J connectivity index is 2.55. The molecule has 0 saturated heterocycles. The van der Waals surface area contributed by atoms with Crippen LogP contribution in [0.5, 0.6) is 0 Å². The molecule has 0 aliphatic heterocycles. The lowest BCUT2D eigenvalue weighted by Gasteiger charge is -1.99. The second kappa shape index (κ2) is 2.88. The molecule has 64 valence electrons. The minimum absolute atomic E-state index is 0.531. The highest BCUT2D eigenvalue weighted by Crippen LogP contribution is 2.18. The van der Waals surface area contributed by atoms with Crippen LogP contribution < -0.4 is 0 Å². The van der Waals surface area contributed by atoms with Gasteiger partial charge in [-0.3, -0.25) is 0 Å². The van der Waals surface area contributed by atoms with E-state index in [4.69, 9.17) is 9.68 Å². The third kappa shape index (κ3) is 1.25. The van der Waals surface area contributed by atoms with Crippen molar-refractivity contribution in [2.75, 3.05) is 0 Å². The summed E-state index contributed by atoms with van der Waals surface area (Å²) in [5.74, 6) is 0. The van der Waals surface area contributed by atoms with Crippen LogP contribution in [0.3, 0.4) is 0 Å². The molecule has 0 aliphatic rings. The molecule has 1 aromatic carbocycles. The van der Waals surface area contributed by atoms with Gasteiger partial charge < -0.3 is 9.52 Å². The molecular formula is C9H6N2O2. The summed E-state index contributed by atoms with van der Waals surface area (Å²) in [6.07, 6.45) is 0.230. The van der Waals surface area contributed by atoms with Gasteiger partial charge in [0.25, 0.3) is 0 Å². The van der Waals surface area contributed by atoms with Crippen LogP contribution in [0.25, 0.3) is 11.1 Å². The van der Waals surface area contributed by atoms with Crippen molar-refractivity contribution < 1.29 is 9.52 Å². The molecule has 1 aromatic heterocycles. The molecule has 2 aromatic rings. The van der Waals surface area contributed by atoms with Crippen LogP contribution in [0.1, 0.15) is 11.7 Å². The number of nitrogens with zero attached hydrogens (tertiary/aromatic N) is 2. The van der Waals surface area contributed by atoms with Crippen molar-refractivity contribution in [3.63, 3.8) is 0 Å². The van der Waals surface area contributed by atoms with Crippen LogP contribution in [-0.2, 0) is 0 Å². The number of rotatable bonds is 1. The second-order valence-electron chi connectivity index (χ2n) is 2.61. The Morgan fingerprint density at radius 3 is 3.15 bits per heavy atom. The summed E-state index contributed by atoms with van der Waals surface area (Å²) in [7, 11) is 0. The van der Waals surface area contributed by atoms with Crippen LogP contribution in [-0.4, -0.2) is 10.1 Å². The number of hydrogen-bond acceptors (Lipinski definition) is 4. The first kappa shape index (κ1) is 7.77. The Morgan fingerprint density at radius 1 is 1.54 bits per heavy atom. The Morgan fingerprint density at radius 2 is 2.38 bits per heavy atom. The van der Waals surface area contributed by atoms with Crippen LogP contribution in [0.15, 0.2) is 29.0 Å². The summed E-state index contributed by atoms with van der Waals surface area (Å²) in [6, 6.07) is 6.69. The lowest BCUT2D eigenvalue weighted by atomic mass is 10.1. The van der Waals surface area contributed by atoms with E-state index >= 15 is 0 Å². The lowest BCUT2D eigenvalue weighted by Crippen LogP contribution is -1.92. The van der Waals surface area contributed by atoms with Gasteiger partial charge in [-0.1, -0.05) is 6.07 Å². The molecule has 0 saturated carbocycles. The maximum atomic E-state index is 9.21. The Labute approximate surface area is 74.0 Å². The number of aromatic nitrogens is 1. The van der Waals surface area contributed by atoms with E-state index in [1.807, 2.05) is 0 Å². The topological polar surface area (TPSA) is 70.0 Å². The number of hydrogen-bond donors (Lipinski definition) is 1. The number of benzene rings is 1. The smallest absolute Gasteiger partial charge is 0.181 e. The lowest BCUT2D eigenvalue weighted by molar-refractivity contribution is 0.236. The molecule has 13 heavy (non-hydrogen) atoms. The Kier molecular flexibility index (Phi) is 1.72. The van der Waals surface area contributed by atoms with Gasteiger partial charge in [-0.15, -0.1) is 0 Å². The van der Waals surface area contributed by atoms with E-state index in [-0.39, 0.29) is 0 Å². The third-order valence-electron chi connectivity index (χ3n) is 1.79. The van der Waals surface area contributed by atoms with Crippen molar-refractivity contribution in [1.82, 2.24) is 4.98 Å². The van der Waals surface area contributed by atoms with Crippen molar-refractivity contribution in [2.24, 2.45) is 0 Å². The normalized spacial score (nSPS) is 12.6. The zero-order valence-electron chi connectivity index (χ0n) is 6.64. The van der Waals surface area contributed by atoms with Crippen LogP contribution in [0.2, 0.25) is 0 Å². The molecule has 1 unspecified atom stereocenters. The first-order chi connectivity index (χ1) is 6.31. The SMILES string of the molecule is N#CC(O)c1ccc2ocnc2c1. The van der Waals surface area contributed by atoms with Crippen molar-refractivity contribution in [1.29, 1.82) is 5.26 Å². The molecule has 0 aliphatic carbocycles. The first-order valence-corrected chi connectivity index (χ1v) is 3.72. The molecule has 0 radical (unpaired) electrons. The molecule has 1 atom stereocenters. The van der Waals surface area contributed by atoms with Gasteiger partial charge in [0.2, 0.25) is 0 Å². The highest BCUT2D eigenvalue weighted by Gasteiger charge is 2.07. The fourth-order valence-electron chi connectivity index (χ4n) is 1.12. The molecule has 2 rings (SSSR count). The van der Waals surface area contributed by atoms with Gasteiger partial charge in [-0.2, -0.15) is 5.26 Å². The molecule has 0 bridgehead atoms. The molecule has 4 heteroatoms. The van der Waals surface area contributed by atoms with Gasteiger partial charge in [0.1, 0.15) is 5.52 Å². The number of oxazole rings is 1. The molecule has 1 heterocycles. The van der Waals surface area contributed by atoms with E-state index in [2.05, 4.69) is 4.98 Å². The average Bonchev–Trinajstić information content (AvgIpc) is 2.63. The minimum Gasteiger partial charge on any atom is -0.443 e. The van der Waals surface area contributed by atoms with Gasteiger partial charge >= 0.3 is 0 Å². The first-order valence-electron chi connectivity index (χ1n) is 3.72. The fourth-order valence-corrected chi connectivity index (χ4v) is 1.12. The number of aliphatic hydroxyl groups is 1. The maximum Gasteiger partial charge on any atom is 0.181 e. The molecule has 0 fully saturated rings. The summed E-state index contributed by atoms with van der Waals surface area (Å²) in [6.45, 7) is 0. The highest BCUT2D eigenvalue weighted by molar-refractivity contribution is 5.73. The second-order valence-corrected chi connectivity index (χ2v) is 2.61. The molecule has 0 spiro atoms.